The largest absolute Gasteiger partial charge is 0.352 e. The molecular formula is C17H26FNO. The third-order valence-electron chi connectivity index (χ3n) is 3.40. The number of halogens is 1. The smallest absolute Gasteiger partial charge is 0.251 e. The zero-order valence-corrected chi connectivity index (χ0v) is 12.5. The predicted molar refractivity (Wildman–Crippen MR) is 81.3 cm³/mol. The number of nitrogens with one attached hydrogen (secondary N) is 1. The molecule has 0 aromatic heterocycles. The quantitative estimate of drug-likeness (QED) is 0.618. The topological polar surface area (TPSA) is 29.1 Å². The van der Waals surface area contributed by atoms with Crippen molar-refractivity contribution >= 4 is 5.91 Å². The van der Waals surface area contributed by atoms with Crippen LogP contribution in [0.4, 0.5) is 4.39 Å². The van der Waals surface area contributed by atoms with Gasteiger partial charge in [0.1, 0.15) is 5.82 Å². The summed E-state index contributed by atoms with van der Waals surface area (Å²) in [5.41, 5.74) is 0.393. The van der Waals surface area contributed by atoms with Gasteiger partial charge in [0.2, 0.25) is 0 Å². The molecule has 1 N–H and O–H groups in total. The number of benzene rings is 1. The third-order valence-corrected chi connectivity index (χ3v) is 3.40. The van der Waals surface area contributed by atoms with Crippen LogP contribution in [-0.4, -0.2) is 12.5 Å². The maximum Gasteiger partial charge on any atom is 0.251 e. The molecule has 0 spiro atoms. The van der Waals surface area contributed by atoms with Crippen LogP contribution >= 0.6 is 0 Å². The van der Waals surface area contributed by atoms with E-state index in [1.54, 1.807) is 12.1 Å². The van der Waals surface area contributed by atoms with Crippen LogP contribution in [0.3, 0.4) is 0 Å². The highest BCUT2D eigenvalue weighted by atomic mass is 19.1. The van der Waals surface area contributed by atoms with Gasteiger partial charge in [0, 0.05) is 12.1 Å². The Bertz CT molecular complexity index is 392. The molecule has 1 amide bonds. The van der Waals surface area contributed by atoms with Gasteiger partial charge in [-0.3, -0.25) is 4.79 Å². The van der Waals surface area contributed by atoms with E-state index in [4.69, 9.17) is 0 Å². The zero-order chi connectivity index (χ0) is 14.6. The van der Waals surface area contributed by atoms with Crippen molar-refractivity contribution in [2.75, 3.05) is 6.54 Å². The van der Waals surface area contributed by atoms with E-state index in [2.05, 4.69) is 12.2 Å². The molecule has 0 aliphatic carbocycles. The minimum absolute atomic E-state index is 0.188. The lowest BCUT2D eigenvalue weighted by atomic mass is 10.1. The summed E-state index contributed by atoms with van der Waals surface area (Å²) < 4.78 is 13.0. The van der Waals surface area contributed by atoms with Crippen LogP contribution in [0.5, 0.6) is 0 Å². The molecule has 0 saturated heterocycles. The van der Waals surface area contributed by atoms with E-state index in [9.17, 15) is 9.18 Å². The molecule has 3 heteroatoms. The number of unbranched alkanes of at least 4 members (excludes halogenated alkanes) is 7. The summed E-state index contributed by atoms with van der Waals surface area (Å²) in [6, 6.07) is 5.80. The monoisotopic (exact) mass is 279 g/mol. The number of hydrogen-bond donors (Lipinski definition) is 1. The first kappa shape index (κ1) is 16.7. The molecule has 0 aliphatic heterocycles. The molecule has 1 aromatic carbocycles. The molecule has 0 heterocycles. The van der Waals surface area contributed by atoms with Gasteiger partial charge in [-0.15, -0.1) is 0 Å². The van der Waals surface area contributed by atoms with Gasteiger partial charge in [-0.1, -0.05) is 57.9 Å². The average molecular weight is 279 g/mol. The first-order valence-corrected chi connectivity index (χ1v) is 7.78. The van der Waals surface area contributed by atoms with Gasteiger partial charge in [-0.25, -0.2) is 4.39 Å². The van der Waals surface area contributed by atoms with Crippen LogP contribution in [0.25, 0.3) is 0 Å². The van der Waals surface area contributed by atoms with E-state index in [0.29, 0.717) is 12.1 Å². The second kappa shape index (κ2) is 10.4. The molecule has 0 saturated carbocycles. The van der Waals surface area contributed by atoms with Crippen molar-refractivity contribution in [2.24, 2.45) is 0 Å². The maximum atomic E-state index is 13.0. The maximum absolute atomic E-state index is 13.0. The van der Waals surface area contributed by atoms with Gasteiger partial charge in [-0.2, -0.15) is 0 Å². The van der Waals surface area contributed by atoms with Gasteiger partial charge in [0.15, 0.2) is 0 Å². The van der Waals surface area contributed by atoms with E-state index >= 15 is 0 Å². The Morgan fingerprint density at radius 2 is 1.70 bits per heavy atom. The Hall–Kier alpha value is -1.38. The van der Waals surface area contributed by atoms with Crippen LogP contribution in [0.15, 0.2) is 24.3 Å². The lowest BCUT2D eigenvalue weighted by Crippen LogP contribution is -2.24. The number of carbonyl (C=O) groups is 1. The van der Waals surface area contributed by atoms with Crippen LogP contribution in [0.2, 0.25) is 0 Å². The lowest BCUT2D eigenvalue weighted by molar-refractivity contribution is 0.0952. The summed E-state index contributed by atoms with van der Waals surface area (Å²) in [6.07, 6.45) is 9.95. The highest BCUT2D eigenvalue weighted by Crippen LogP contribution is 2.08. The molecule has 0 atom stereocenters. The zero-order valence-electron chi connectivity index (χ0n) is 12.5. The summed E-state index contributed by atoms with van der Waals surface area (Å²) in [6.45, 7) is 2.89. The second-order valence-electron chi connectivity index (χ2n) is 5.24. The molecule has 112 valence electrons. The Kier molecular flexibility index (Phi) is 8.68. The molecule has 0 bridgehead atoms. The lowest BCUT2D eigenvalue weighted by Gasteiger charge is -2.05. The Morgan fingerprint density at radius 1 is 1.05 bits per heavy atom. The molecule has 0 radical (unpaired) electrons. The molecule has 20 heavy (non-hydrogen) atoms. The van der Waals surface area contributed by atoms with E-state index in [1.165, 1.54) is 50.7 Å². The van der Waals surface area contributed by atoms with E-state index < -0.39 is 0 Å². The van der Waals surface area contributed by atoms with Crippen molar-refractivity contribution in [2.45, 2.75) is 58.3 Å². The number of carbonyl (C=O) groups excluding carboxylic acids is 1. The molecule has 1 rings (SSSR count). The van der Waals surface area contributed by atoms with Gasteiger partial charge in [0.05, 0.1) is 0 Å². The van der Waals surface area contributed by atoms with Gasteiger partial charge in [-0.05, 0) is 24.6 Å². The first-order valence-electron chi connectivity index (χ1n) is 7.78. The van der Waals surface area contributed by atoms with E-state index in [-0.39, 0.29) is 11.7 Å². The van der Waals surface area contributed by atoms with Crippen molar-refractivity contribution in [1.82, 2.24) is 5.32 Å². The van der Waals surface area contributed by atoms with Crippen molar-refractivity contribution < 1.29 is 9.18 Å². The molecule has 0 fully saturated rings. The standard InChI is InChI=1S/C17H26FNO/c1-2-3-4-5-6-7-8-9-13-19-17(20)15-11-10-12-16(18)14-15/h10-12,14H,2-9,13H2,1H3,(H,19,20). The highest BCUT2D eigenvalue weighted by molar-refractivity contribution is 5.94. The van der Waals surface area contributed by atoms with Crippen molar-refractivity contribution in [3.05, 3.63) is 35.6 Å². The number of rotatable bonds is 10. The molecule has 2 nitrogen and oxygen atoms in total. The van der Waals surface area contributed by atoms with Crippen LogP contribution < -0.4 is 5.32 Å². The second-order valence-corrected chi connectivity index (χ2v) is 5.24. The summed E-state index contributed by atoms with van der Waals surface area (Å²) >= 11 is 0. The fourth-order valence-electron chi connectivity index (χ4n) is 2.19. The SMILES string of the molecule is CCCCCCCCCCNC(=O)c1cccc(F)c1. The van der Waals surface area contributed by atoms with E-state index in [1.807, 2.05) is 0 Å². The molecular weight excluding hydrogens is 253 g/mol. The van der Waals surface area contributed by atoms with Crippen molar-refractivity contribution in [3.8, 4) is 0 Å². The van der Waals surface area contributed by atoms with Crippen molar-refractivity contribution in [3.63, 3.8) is 0 Å². The van der Waals surface area contributed by atoms with E-state index in [0.717, 1.165) is 12.8 Å². The van der Waals surface area contributed by atoms with Crippen LogP contribution in [-0.2, 0) is 0 Å². The summed E-state index contributed by atoms with van der Waals surface area (Å²) in [4.78, 5) is 11.7. The molecule has 0 unspecified atom stereocenters. The number of amides is 1. The average Bonchev–Trinajstić information content (AvgIpc) is 2.45. The molecule has 0 aliphatic rings. The first-order chi connectivity index (χ1) is 9.74. The minimum Gasteiger partial charge on any atom is -0.352 e. The summed E-state index contributed by atoms with van der Waals surface area (Å²) in [5, 5.41) is 2.83. The summed E-state index contributed by atoms with van der Waals surface area (Å²) in [5.74, 6) is -0.558. The Labute approximate surface area is 121 Å². The summed E-state index contributed by atoms with van der Waals surface area (Å²) in [7, 11) is 0. The predicted octanol–water partition coefficient (Wildman–Crippen LogP) is 4.70. The van der Waals surface area contributed by atoms with Crippen LogP contribution in [0, 0.1) is 5.82 Å². The van der Waals surface area contributed by atoms with Gasteiger partial charge in [0.25, 0.3) is 5.91 Å². The fraction of sp³-hybridized carbons (Fsp3) is 0.588. The number of hydrogen-bond acceptors (Lipinski definition) is 1. The normalized spacial score (nSPS) is 10.5. The molecule has 1 aromatic rings. The van der Waals surface area contributed by atoms with Gasteiger partial charge < -0.3 is 5.32 Å². The fourth-order valence-corrected chi connectivity index (χ4v) is 2.19. The third kappa shape index (κ3) is 7.27. The van der Waals surface area contributed by atoms with Gasteiger partial charge >= 0.3 is 0 Å². The minimum atomic E-state index is -0.371. The van der Waals surface area contributed by atoms with Crippen LogP contribution in [0.1, 0.15) is 68.6 Å². The van der Waals surface area contributed by atoms with Crippen molar-refractivity contribution in [1.29, 1.82) is 0 Å². The Balaban J connectivity index is 2.02. The Morgan fingerprint density at radius 3 is 2.35 bits per heavy atom. The highest BCUT2D eigenvalue weighted by Gasteiger charge is 2.04.